The minimum absolute atomic E-state index is 0.0371. The maximum Gasteiger partial charge on any atom is 0.317 e. The van der Waals surface area contributed by atoms with Gasteiger partial charge in [0.05, 0.1) is 11.3 Å². The Bertz CT molecular complexity index is 799. The van der Waals surface area contributed by atoms with Gasteiger partial charge in [-0.1, -0.05) is 42.5 Å². The molecule has 0 bridgehead atoms. The summed E-state index contributed by atoms with van der Waals surface area (Å²) in [7, 11) is 0. The van der Waals surface area contributed by atoms with Crippen molar-refractivity contribution in [1.82, 2.24) is 0 Å². The van der Waals surface area contributed by atoms with E-state index in [4.69, 9.17) is 4.74 Å². The number of carbonyl (C=O) groups is 3. The average molecular weight is 355 g/mol. The molecule has 0 saturated carbocycles. The van der Waals surface area contributed by atoms with E-state index >= 15 is 0 Å². The minimum Gasteiger partial charge on any atom is -0.393 e. The van der Waals surface area contributed by atoms with E-state index in [9.17, 15) is 24.5 Å². The maximum absolute atomic E-state index is 11.9. The highest BCUT2D eigenvalue weighted by Crippen LogP contribution is 2.13. The molecule has 2 aromatic rings. The molecule has 134 valence electrons. The summed E-state index contributed by atoms with van der Waals surface area (Å²) in [5.74, 6) is -1.51. The topological polar surface area (TPSA) is 104 Å². The van der Waals surface area contributed by atoms with Crippen LogP contribution < -0.4 is 0 Å². The van der Waals surface area contributed by atoms with Gasteiger partial charge in [0.1, 0.15) is 0 Å². The van der Waals surface area contributed by atoms with Crippen LogP contribution in [0.1, 0.15) is 35.2 Å². The number of nitrogens with zero attached hydrogens (tertiary/aromatic N) is 1. The highest BCUT2D eigenvalue weighted by Gasteiger charge is 2.13. The number of ether oxygens (including phenoxy) is 1. The second-order valence-electron chi connectivity index (χ2n) is 5.59. The van der Waals surface area contributed by atoms with Gasteiger partial charge >= 0.3 is 11.9 Å². The third-order valence-electron chi connectivity index (χ3n) is 3.60. The Morgan fingerprint density at radius 2 is 1.54 bits per heavy atom. The van der Waals surface area contributed by atoms with E-state index in [0.717, 1.165) is 0 Å². The Kier molecular flexibility index (Phi) is 6.73. The van der Waals surface area contributed by atoms with Crippen LogP contribution in [0.2, 0.25) is 0 Å². The summed E-state index contributed by atoms with van der Waals surface area (Å²) in [6.07, 6.45) is 0.282. The fraction of sp³-hybridized carbons (Fsp3) is 0.211. The van der Waals surface area contributed by atoms with Crippen molar-refractivity contribution in [3.63, 3.8) is 0 Å². The Balaban J connectivity index is 1.72. The zero-order valence-electron chi connectivity index (χ0n) is 13.9. The molecule has 0 aliphatic rings. The number of esters is 2. The second kappa shape index (κ2) is 9.22. The standard InChI is InChI=1S/C19H17NO6/c21-17(15-5-2-1-3-6-15)7-4-8-18(22)26-19(23)13-14-9-11-16(12-10-14)20(24)25/h1-3,5-6,9-12H,4,7-8,13H2. The molecular formula is C19H17NO6. The molecule has 0 aromatic heterocycles. The van der Waals surface area contributed by atoms with Crippen molar-refractivity contribution in [2.45, 2.75) is 25.7 Å². The lowest BCUT2D eigenvalue weighted by molar-refractivity contribution is -0.384. The van der Waals surface area contributed by atoms with Crippen LogP contribution in [0.5, 0.6) is 0 Å². The number of nitro groups is 1. The van der Waals surface area contributed by atoms with Crippen LogP contribution in [0.15, 0.2) is 54.6 Å². The van der Waals surface area contributed by atoms with Crippen molar-refractivity contribution in [3.05, 3.63) is 75.8 Å². The Labute approximate surface area is 149 Å². The number of ketones is 1. The van der Waals surface area contributed by atoms with Crippen molar-refractivity contribution < 1.29 is 24.0 Å². The fourth-order valence-electron chi connectivity index (χ4n) is 2.28. The zero-order valence-corrected chi connectivity index (χ0v) is 13.9. The van der Waals surface area contributed by atoms with Gasteiger partial charge in [0.15, 0.2) is 5.78 Å². The van der Waals surface area contributed by atoms with Crippen molar-refractivity contribution >= 4 is 23.4 Å². The van der Waals surface area contributed by atoms with E-state index in [1.54, 1.807) is 24.3 Å². The summed E-state index contributed by atoms with van der Waals surface area (Å²) in [6, 6.07) is 14.2. The minimum atomic E-state index is -0.738. The molecule has 7 nitrogen and oxygen atoms in total. The highest BCUT2D eigenvalue weighted by atomic mass is 16.6. The molecule has 2 aromatic carbocycles. The second-order valence-corrected chi connectivity index (χ2v) is 5.59. The first-order chi connectivity index (χ1) is 12.5. The van der Waals surface area contributed by atoms with E-state index in [2.05, 4.69) is 0 Å². The third-order valence-corrected chi connectivity index (χ3v) is 3.60. The summed E-state index contributed by atoms with van der Waals surface area (Å²) < 4.78 is 4.70. The van der Waals surface area contributed by atoms with Crippen LogP contribution in [-0.2, 0) is 20.7 Å². The largest absolute Gasteiger partial charge is 0.393 e. The average Bonchev–Trinajstić information content (AvgIpc) is 2.62. The lowest BCUT2D eigenvalue weighted by Crippen LogP contribution is -2.14. The SMILES string of the molecule is O=C(CCCC(=O)c1ccccc1)OC(=O)Cc1ccc([N+](=O)[O-])cc1. The fourth-order valence-corrected chi connectivity index (χ4v) is 2.28. The Morgan fingerprint density at radius 3 is 2.15 bits per heavy atom. The first-order valence-electron chi connectivity index (χ1n) is 8.01. The van der Waals surface area contributed by atoms with E-state index in [1.807, 2.05) is 6.07 Å². The van der Waals surface area contributed by atoms with Crippen molar-refractivity contribution in [1.29, 1.82) is 0 Å². The molecule has 0 aliphatic carbocycles. The number of carbonyl (C=O) groups excluding carboxylic acids is 3. The smallest absolute Gasteiger partial charge is 0.317 e. The lowest BCUT2D eigenvalue weighted by atomic mass is 10.1. The molecule has 0 N–H and O–H groups in total. The zero-order chi connectivity index (χ0) is 18.9. The first-order valence-corrected chi connectivity index (χ1v) is 8.01. The molecule has 0 amide bonds. The molecule has 0 heterocycles. The maximum atomic E-state index is 11.9. The predicted octanol–water partition coefficient (Wildman–Crippen LogP) is 3.26. The highest BCUT2D eigenvalue weighted by molar-refractivity contribution is 5.96. The van der Waals surface area contributed by atoms with Gasteiger partial charge in [0.25, 0.3) is 5.69 Å². The molecule has 26 heavy (non-hydrogen) atoms. The summed E-state index contributed by atoms with van der Waals surface area (Å²) in [6.45, 7) is 0. The van der Waals surface area contributed by atoms with Crippen molar-refractivity contribution in [3.8, 4) is 0 Å². The van der Waals surface area contributed by atoms with Gasteiger partial charge in [-0.05, 0) is 12.0 Å². The number of hydrogen-bond donors (Lipinski definition) is 0. The van der Waals surface area contributed by atoms with Crippen LogP contribution in [0.3, 0.4) is 0 Å². The van der Waals surface area contributed by atoms with E-state index in [1.165, 1.54) is 24.3 Å². The predicted molar refractivity (Wildman–Crippen MR) is 92.5 cm³/mol. The monoisotopic (exact) mass is 355 g/mol. The third kappa shape index (κ3) is 5.94. The summed E-state index contributed by atoms with van der Waals surface area (Å²) in [5.41, 5.74) is 1.00. The van der Waals surface area contributed by atoms with Gasteiger partial charge < -0.3 is 4.74 Å². The van der Waals surface area contributed by atoms with E-state index < -0.39 is 16.9 Å². The number of rotatable bonds is 8. The lowest BCUT2D eigenvalue weighted by Gasteiger charge is -2.04. The molecule has 0 spiro atoms. The van der Waals surface area contributed by atoms with E-state index in [-0.39, 0.29) is 37.2 Å². The molecule has 0 saturated heterocycles. The molecular weight excluding hydrogens is 338 g/mol. The normalized spacial score (nSPS) is 10.2. The Morgan fingerprint density at radius 1 is 0.885 bits per heavy atom. The first kappa shape index (κ1) is 19.0. The molecule has 0 fully saturated rings. The summed E-state index contributed by atoms with van der Waals surface area (Å²) in [4.78, 5) is 45.3. The quantitative estimate of drug-likeness (QED) is 0.237. The van der Waals surface area contributed by atoms with Gasteiger partial charge in [-0.2, -0.15) is 0 Å². The number of Topliss-reactive ketones (excluding diaryl/α,β-unsaturated/α-hetero) is 1. The van der Waals surface area contributed by atoms with Gasteiger partial charge in [-0.25, -0.2) is 0 Å². The van der Waals surface area contributed by atoms with Crippen molar-refractivity contribution in [2.24, 2.45) is 0 Å². The molecule has 0 radical (unpaired) electrons. The number of hydrogen-bond acceptors (Lipinski definition) is 6. The molecule has 0 unspecified atom stereocenters. The molecule has 2 rings (SSSR count). The number of nitro benzene ring substituents is 1. The summed E-state index contributed by atoms with van der Waals surface area (Å²) >= 11 is 0. The van der Waals surface area contributed by atoms with Gasteiger partial charge in [0, 0.05) is 30.5 Å². The van der Waals surface area contributed by atoms with Gasteiger partial charge in [-0.3, -0.25) is 24.5 Å². The van der Waals surface area contributed by atoms with Crippen LogP contribution in [0, 0.1) is 10.1 Å². The van der Waals surface area contributed by atoms with Gasteiger partial charge in [0.2, 0.25) is 0 Å². The van der Waals surface area contributed by atoms with Crippen LogP contribution >= 0.6 is 0 Å². The van der Waals surface area contributed by atoms with Crippen molar-refractivity contribution in [2.75, 3.05) is 0 Å². The molecule has 0 aliphatic heterocycles. The van der Waals surface area contributed by atoms with Crippen LogP contribution in [0.4, 0.5) is 5.69 Å². The molecule has 0 atom stereocenters. The number of non-ortho nitro benzene ring substituents is 1. The number of benzene rings is 2. The van der Waals surface area contributed by atoms with Crippen LogP contribution in [0.25, 0.3) is 0 Å². The summed E-state index contributed by atoms with van der Waals surface area (Å²) in [5, 5.41) is 10.6. The Hall–Kier alpha value is -3.35. The van der Waals surface area contributed by atoms with E-state index in [0.29, 0.717) is 11.1 Å². The molecule has 7 heteroatoms. The van der Waals surface area contributed by atoms with Gasteiger partial charge in [-0.15, -0.1) is 0 Å². The van der Waals surface area contributed by atoms with Crippen LogP contribution in [-0.4, -0.2) is 22.6 Å².